The minimum atomic E-state index is -0.449. The maximum atomic E-state index is 13.5. The molecule has 150 valence electrons. The maximum Gasteiger partial charge on any atom is 0.255 e. The molecular formula is C22H17FN4O3. The summed E-state index contributed by atoms with van der Waals surface area (Å²) in [6.45, 7) is 1.71. The lowest BCUT2D eigenvalue weighted by Gasteiger charge is -2.12. The SMILES string of the molecule is Cc1ccc(-c2cncc(F)c2)cc1NC(=O)c1ccc2c(c1)NC(=O)CNC2=O. The van der Waals surface area contributed by atoms with E-state index >= 15 is 0 Å². The van der Waals surface area contributed by atoms with Crippen molar-refractivity contribution in [2.45, 2.75) is 6.92 Å². The Morgan fingerprint density at radius 2 is 1.90 bits per heavy atom. The second-order valence-electron chi connectivity index (χ2n) is 6.87. The molecule has 0 unspecified atom stereocenters. The van der Waals surface area contributed by atoms with E-state index in [0.29, 0.717) is 16.8 Å². The summed E-state index contributed by atoms with van der Waals surface area (Å²) in [7, 11) is 0. The van der Waals surface area contributed by atoms with Crippen molar-refractivity contribution in [3.63, 3.8) is 0 Å². The van der Waals surface area contributed by atoms with E-state index in [2.05, 4.69) is 20.9 Å². The van der Waals surface area contributed by atoms with Crippen LogP contribution >= 0.6 is 0 Å². The van der Waals surface area contributed by atoms with Gasteiger partial charge in [-0.05, 0) is 48.4 Å². The molecule has 0 atom stereocenters. The van der Waals surface area contributed by atoms with Gasteiger partial charge in [-0.3, -0.25) is 19.4 Å². The summed E-state index contributed by atoms with van der Waals surface area (Å²) in [4.78, 5) is 40.4. The molecule has 1 aliphatic rings. The van der Waals surface area contributed by atoms with Gasteiger partial charge < -0.3 is 16.0 Å². The number of nitrogens with one attached hydrogen (secondary N) is 3. The third-order valence-corrected chi connectivity index (χ3v) is 4.73. The normalized spacial score (nSPS) is 13.0. The first-order valence-electron chi connectivity index (χ1n) is 9.16. The lowest BCUT2D eigenvalue weighted by molar-refractivity contribution is -0.115. The highest BCUT2D eigenvalue weighted by Gasteiger charge is 2.20. The number of halogens is 1. The predicted molar refractivity (Wildman–Crippen MR) is 110 cm³/mol. The topological polar surface area (TPSA) is 100 Å². The number of hydrogen-bond donors (Lipinski definition) is 3. The minimum absolute atomic E-state index is 0.129. The summed E-state index contributed by atoms with van der Waals surface area (Å²) in [6, 6.07) is 11.2. The second kappa shape index (κ2) is 7.75. The number of hydrogen-bond acceptors (Lipinski definition) is 4. The number of anilines is 2. The van der Waals surface area contributed by atoms with E-state index in [1.165, 1.54) is 24.3 Å². The monoisotopic (exact) mass is 404 g/mol. The van der Waals surface area contributed by atoms with Crippen LogP contribution in [0.25, 0.3) is 11.1 Å². The van der Waals surface area contributed by atoms with Crippen LogP contribution in [0.4, 0.5) is 15.8 Å². The van der Waals surface area contributed by atoms with Gasteiger partial charge in [0.2, 0.25) is 5.91 Å². The van der Waals surface area contributed by atoms with Crippen molar-refractivity contribution in [1.29, 1.82) is 0 Å². The van der Waals surface area contributed by atoms with Crippen LogP contribution in [-0.4, -0.2) is 29.3 Å². The Hall–Kier alpha value is -4.07. The molecule has 3 N–H and O–H groups in total. The lowest BCUT2D eigenvalue weighted by atomic mass is 10.0. The van der Waals surface area contributed by atoms with Crippen molar-refractivity contribution in [2.24, 2.45) is 0 Å². The van der Waals surface area contributed by atoms with Gasteiger partial charge in [-0.2, -0.15) is 0 Å². The number of nitrogens with zero attached hydrogens (tertiary/aromatic N) is 1. The third-order valence-electron chi connectivity index (χ3n) is 4.73. The standard InChI is InChI=1S/C22H17FN4O3/c1-12-2-3-13(15-6-16(23)10-24-9-15)7-18(12)27-21(29)14-4-5-17-19(8-14)26-20(28)11-25-22(17)30/h2-10H,11H2,1H3,(H,25,30)(H,26,28)(H,27,29). The average Bonchev–Trinajstić information content (AvgIpc) is 2.87. The molecule has 0 radical (unpaired) electrons. The average molecular weight is 404 g/mol. The molecular weight excluding hydrogens is 387 g/mol. The molecule has 0 bridgehead atoms. The molecule has 7 nitrogen and oxygen atoms in total. The Balaban J connectivity index is 1.62. The van der Waals surface area contributed by atoms with E-state index in [9.17, 15) is 18.8 Å². The van der Waals surface area contributed by atoms with Crippen molar-refractivity contribution in [1.82, 2.24) is 10.3 Å². The zero-order chi connectivity index (χ0) is 21.3. The second-order valence-corrected chi connectivity index (χ2v) is 6.87. The van der Waals surface area contributed by atoms with Gasteiger partial charge in [0.25, 0.3) is 11.8 Å². The predicted octanol–water partition coefficient (Wildman–Crippen LogP) is 3.13. The van der Waals surface area contributed by atoms with Crippen LogP contribution in [0.3, 0.4) is 0 Å². The summed E-state index contributed by atoms with van der Waals surface area (Å²) in [5.41, 5.74) is 3.50. The van der Waals surface area contributed by atoms with Crippen LogP contribution in [-0.2, 0) is 4.79 Å². The molecule has 4 rings (SSSR count). The van der Waals surface area contributed by atoms with E-state index in [4.69, 9.17) is 0 Å². The first-order valence-corrected chi connectivity index (χ1v) is 9.16. The van der Waals surface area contributed by atoms with Gasteiger partial charge in [-0.1, -0.05) is 12.1 Å². The van der Waals surface area contributed by atoms with Gasteiger partial charge in [0, 0.05) is 23.0 Å². The Morgan fingerprint density at radius 1 is 1.07 bits per heavy atom. The number of carbonyl (C=O) groups excluding carboxylic acids is 3. The smallest absolute Gasteiger partial charge is 0.255 e. The summed E-state index contributed by atoms with van der Waals surface area (Å²) in [5, 5.41) is 7.93. The summed E-state index contributed by atoms with van der Waals surface area (Å²) < 4.78 is 13.5. The van der Waals surface area contributed by atoms with Gasteiger partial charge in [0.15, 0.2) is 0 Å². The van der Waals surface area contributed by atoms with E-state index < -0.39 is 11.7 Å². The Bertz CT molecular complexity index is 1190. The molecule has 1 aliphatic heterocycles. The summed E-state index contributed by atoms with van der Waals surface area (Å²) in [6.07, 6.45) is 2.66. The van der Waals surface area contributed by atoms with Gasteiger partial charge in [0.05, 0.1) is 24.0 Å². The molecule has 2 aromatic carbocycles. The van der Waals surface area contributed by atoms with Crippen molar-refractivity contribution < 1.29 is 18.8 Å². The van der Waals surface area contributed by atoms with Crippen molar-refractivity contribution >= 4 is 29.1 Å². The first kappa shape index (κ1) is 19.3. The Kier molecular flexibility index (Phi) is 4.97. The maximum absolute atomic E-state index is 13.5. The van der Waals surface area contributed by atoms with Crippen LogP contribution in [0.15, 0.2) is 54.9 Å². The van der Waals surface area contributed by atoms with Gasteiger partial charge in [0.1, 0.15) is 5.82 Å². The van der Waals surface area contributed by atoms with E-state index in [1.807, 2.05) is 19.1 Å². The van der Waals surface area contributed by atoms with Crippen molar-refractivity contribution in [3.05, 3.63) is 77.4 Å². The number of pyridine rings is 1. The van der Waals surface area contributed by atoms with Crippen LogP contribution in [0.2, 0.25) is 0 Å². The van der Waals surface area contributed by atoms with Crippen LogP contribution in [0.5, 0.6) is 0 Å². The number of carbonyl (C=O) groups is 3. The fourth-order valence-electron chi connectivity index (χ4n) is 3.14. The summed E-state index contributed by atoms with van der Waals surface area (Å²) in [5.74, 6) is -1.61. The minimum Gasteiger partial charge on any atom is -0.343 e. The Morgan fingerprint density at radius 3 is 2.70 bits per heavy atom. The zero-order valence-electron chi connectivity index (χ0n) is 16.0. The highest BCUT2D eigenvalue weighted by molar-refractivity contribution is 6.11. The number of benzene rings is 2. The van der Waals surface area contributed by atoms with E-state index in [-0.39, 0.29) is 35.2 Å². The molecule has 3 aromatic rings. The van der Waals surface area contributed by atoms with Crippen molar-refractivity contribution in [3.8, 4) is 11.1 Å². The van der Waals surface area contributed by atoms with Crippen LogP contribution < -0.4 is 16.0 Å². The van der Waals surface area contributed by atoms with Crippen LogP contribution in [0.1, 0.15) is 26.3 Å². The molecule has 2 heterocycles. The Labute approximate surface area is 171 Å². The molecule has 30 heavy (non-hydrogen) atoms. The fourth-order valence-corrected chi connectivity index (χ4v) is 3.14. The molecule has 0 saturated carbocycles. The molecule has 8 heteroatoms. The van der Waals surface area contributed by atoms with Gasteiger partial charge in [-0.25, -0.2) is 4.39 Å². The van der Waals surface area contributed by atoms with E-state index in [0.717, 1.165) is 11.8 Å². The largest absolute Gasteiger partial charge is 0.343 e. The third kappa shape index (κ3) is 3.88. The number of aromatic nitrogens is 1. The molecule has 0 spiro atoms. The first-order chi connectivity index (χ1) is 14.4. The molecule has 0 saturated heterocycles. The zero-order valence-corrected chi connectivity index (χ0v) is 16.0. The van der Waals surface area contributed by atoms with Crippen molar-refractivity contribution in [2.75, 3.05) is 17.2 Å². The van der Waals surface area contributed by atoms with Crippen LogP contribution in [0, 0.1) is 12.7 Å². The molecule has 3 amide bonds. The molecule has 1 aromatic heterocycles. The van der Waals surface area contributed by atoms with E-state index in [1.54, 1.807) is 12.3 Å². The number of rotatable bonds is 3. The highest BCUT2D eigenvalue weighted by atomic mass is 19.1. The number of fused-ring (bicyclic) bond motifs is 1. The fraction of sp³-hybridized carbons (Fsp3) is 0.0909. The van der Waals surface area contributed by atoms with Gasteiger partial charge in [-0.15, -0.1) is 0 Å². The molecule has 0 aliphatic carbocycles. The quantitative estimate of drug-likeness (QED) is 0.624. The van der Waals surface area contributed by atoms with Gasteiger partial charge >= 0.3 is 0 Å². The molecule has 0 fully saturated rings. The highest BCUT2D eigenvalue weighted by Crippen LogP contribution is 2.26. The number of amides is 3. The lowest BCUT2D eigenvalue weighted by Crippen LogP contribution is -2.28. The number of aryl methyl sites for hydroxylation is 1. The summed E-state index contributed by atoms with van der Waals surface area (Å²) >= 11 is 0.